The molecule has 2 aliphatic heterocycles. The topological polar surface area (TPSA) is 82.1 Å². The van der Waals surface area contributed by atoms with E-state index >= 15 is 0 Å². The third kappa shape index (κ3) is 5.76. The van der Waals surface area contributed by atoms with Gasteiger partial charge in [-0.15, -0.1) is 4.40 Å². The van der Waals surface area contributed by atoms with E-state index in [1.54, 1.807) is 24.3 Å². The highest BCUT2D eigenvalue weighted by molar-refractivity contribution is 7.90. The third-order valence-corrected chi connectivity index (χ3v) is 8.37. The van der Waals surface area contributed by atoms with E-state index in [-0.39, 0.29) is 22.8 Å². The Morgan fingerprint density at radius 1 is 0.865 bits per heavy atom. The monoisotopic (exact) mass is 516 g/mol. The highest BCUT2D eigenvalue weighted by atomic mass is 32.2. The summed E-state index contributed by atoms with van der Waals surface area (Å²) in [5.41, 5.74) is 3.03. The number of benzene rings is 3. The van der Waals surface area contributed by atoms with Gasteiger partial charge in [0.1, 0.15) is 10.7 Å². The maximum absolute atomic E-state index is 13.1. The zero-order valence-corrected chi connectivity index (χ0v) is 21.8. The molecule has 8 heteroatoms. The second-order valence-electron chi connectivity index (χ2n) is 9.79. The summed E-state index contributed by atoms with van der Waals surface area (Å²) in [6.45, 7) is 4.88. The van der Waals surface area contributed by atoms with Gasteiger partial charge in [0.25, 0.3) is 10.0 Å². The molecule has 1 fully saturated rings. The second-order valence-corrected chi connectivity index (χ2v) is 11.4. The number of rotatable bonds is 7. The van der Waals surface area contributed by atoms with E-state index in [0.717, 1.165) is 13.1 Å². The maximum atomic E-state index is 13.1. The molecule has 0 radical (unpaired) electrons. The molecule has 1 amide bonds. The van der Waals surface area contributed by atoms with Crippen molar-refractivity contribution in [2.45, 2.75) is 30.7 Å². The largest absolute Gasteiger partial charge is 0.342 e. The third-order valence-electron chi connectivity index (χ3n) is 7.00. The van der Waals surface area contributed by atoms with Crippen LogP contribution in [0.4, 0.5) is 5.69 Å². The van der Waals surface area contributed by atoms with Crippen LogP contribution in [-0.4, -0.2) is 56.1 Å². The fourth-order valence-electron chi connectivity index (χ4n) is 5.20. The van der Waals surface area contributed by atoms with Crippen molar-refractivity contribution in [2.75, 3.05) is 31.5 Å². The van der Waals surface area contributed by atoms with Crippen LogP contribution in [0.15, 0.2) is 94.2 Å². The van der Waals surface area contributed by atoms with Gasteiger partial charge in [0.2, 0.25) is 5.91 Å². The van der Waals surface area contributed by atoms with Gasteiger partial charge in [0, 0.05) is 39.0 Å². The van der Waals surface area contributed by atoms with Crippen LogP contribution in [0.2, 0.25) is 0 Å². The highest BCUT2D eigenvalue weighted by Gasteiger charge is 2.30. The van der Waals surface area contributed by atoms with Crippen LogP contribution in [0.25, 0.3) is 0 Å². The molecule has 5 rings (SSSR count). The molecule has 0 bridgehead atoms. The average Bonchev–Trinajstić information content (AvgIpc) is 2.90. The van der Waals surface area contributed by atoms with E-state index in [2.05, 4.69) is 63.1 Å². The number of nitrogens with zero attached hydrogens (tertiary/aromatic N) is 3. The first-order valence-corrected chi connectivity index (χ1v) is 14.2. The van der Waals surface area contributed by atoms with E-state index in [4.69, 9.17) is 0 Å². The van der Waals surface area contributed by atoms with Crippen molar-refractivity contribution in [3.05, 3.63) is 96.1 Å². The second kappa shape index (κ2) is 10.9. The minimum Gasteiger partial charge on any atom is -0.342 e. The SMILES string of the molecule is C[C@H](CC(=O)N1CCN(C(c2ccccc2)c2ccccc2)CC1)CC1=NS(=O)(=O)c2ccccc2N1. The highest BCUT2D eigenvalue weighted by Crippen LogP contribution is 2.30. The van der Waals surface area contributed by atoms with Crippen LogP contribution in [0, 0.1) is 5.92 Å². The van der Waals surface area contributed by atoms with Gasteiger partial charge in [-0.25, -0.2) is 0 Å². The van der Waals surface area contributed by atoms with Gasteiger partial charge >= 0.3 is 0 Å². The Morgan fingerprint density at radius 3 is 2.05 bits per heavy atom. The van der Waals surface area contributed by atoms with Crippen LogP contribution >= 0.6 is 0 Å². The number of fused-ring (bicyclic) bond motifs is 1. The van der Waals surface area contributed by atoms with E-state index in [9.17, 15) is 13.2 Å². The summed E-state index contributed by atoms with van der Waals surface area (Å²) < 4.78 is 29.0. The first kappa shape index (κ1) is 25.2. The molecule has 2 aliphatic rings. The minimum absolute atomic E-state index is 0.0429. The molecule has 37 heavy (non-hydrogen) atoms. The number of sulfonamides is 1. The molecule has 0 saturated carbocycles. The van der Waals surface area contributed by atoms with Crippen LogP contribution in [-0.2, 0) is 14.8 Å². The van der Waals surface area contributed by atoms with Crippen molar-refractivity contribution in [1.29, 1.82) is 0 Å². The Kier molecular flexibility index (Phi) is 7.39. The molecule has 0 unspecified atom stereocenters. The lowest BCUT2D eigenvalue weighted by Gasteiger charge is -2.40. The Labute approximate surface area is 218 Å². The summed E-state index contributed by atoms with van der Waals surface area (Å²) in [6.07, 6.45) is 0.743. The Bertz CT molecular complexity index is 1330. The standard InChI is InChI=1S/C29H32N4O3S/c1-22(20-27-30-25-14-8-9-15-26(25)37(35,36)31-27)21-28(34)32-16-18-33(19-17-32)29(23-10-4-2-5-11-23)24-12-6-3-7-13-24/h2-15,22,29H,16-21H2,1H3,(H,30,31)/t22-/m0/s1. The summed E-state index contributed by atoms with van der Waals surface area (Å²) in [4.78, 5) is 17.7. The molecular weight excluding hydrogens is 484 g/mol. The number of hydrogen-bond acceptors (Lipinski definition) is 5. The molecule has 1 N–H and O–H groups in total. The number of para-hydroxylation sites is 1. The molecule has 3 aromatic carbocycles. The maximum Gasteiger partial charge on any atom is 0.286 e. The quantitative estimate of drug-likeness (QED) is 0.498. The molecule has 1 saturated heterocycles. The number of anilines is 1. The predicted molar refractivity (Wildman–Crippen MR) is 146 cm³/mol. The lowest BCUT2D eigenvalue weighted by atomic mass is 9.96. The number of carbonyl (C=O) groups is 1. The van der Waals surface area contributed by atoms with Gasteiger partial charge < -0.3 is 10.2 Å². The fraction of sp³-hybridized carbons (Fsp3) is 0.310. The molecule has 1 atom stereocenters. The van der Waals surface area contributed by atoms with Gasteiger partial charge in [-0.05, 0) is 29.2 Å². The van der Waals surface area contributed by atoms with Crippen LogP contribution < -0.4 is 5.32 Å². The molecule has 0 aliphatic carbocycles. The summed E-state index contributed by atoms with van der Waals surface area (Å²) in [7, 11) is -3.72. The van der Waals surface area contributed by atoms with Crippen molar-refractivity contribution >= 4 is 27.5 Å². The predicted octanol–water partition coefficient (Wildman–Crippen LogP) is 4.55. The fourth-order valence-corrected chi connectivity index (χ4v) is 6.36. The molecule has 0 spiro atoms. The summed E-state index contributed by atoms with van der Waals surface area (Å²) in [5, 5.41) is 3.12. The summed E-state index contributed by atoms with van der Waals surface area (Å²) in [5.74, 6) is 0.443. The smallest absolute Gasteiger partial charge is 0.286 e. The van der Waals surface area contributed by atoms with Gasteiger partial charge in [-0.2, -0.15) is 8.42 Å². The number of carbonyl (C=O) groups excluding carboxylic acids is 1. The normalized spacial score (nSPS) is 18.0. The van der Waals surface area contributed by atoms with E-state index in [1.807, 2.05) is 24.0 Å². The number of amidine groups is 1. The Balaban J connectivity index is 1.19. The minimum atomic E-state index is -3.72. The van der Waals surface area contributed by atoms with E-state index < -0.39 is 10.0 Å². The first-order valence-electron chi connectivity index (χ1n) is 12.7. The molecule has 7 nitrogen and oxygen atoms in total. The zero-order chi connectivity index (χ0) is 25.8. The van der Waals surface area contributed by atoms with E-state index in [0.29, 0.717) is 37.5 Å². The summed E-state index contributed by atoms with van der Waals surface area (Å²) in [6, 6.07) is 27.9. The van der Waals surface area contributed by atoms with E-state index in [1.165, 1.54) is 11.1 Å². The van der Waals surface area contributed by atoms with Crippen LogP contribution in [0.3, 0.4) is 0 Å². The van der Waals surface area contributed by atoms with Crippen molar-refractivity contribution in [3.63, 3.8) is 0 Å². The summed E-state index contributed by atoms with van der Waals surface area (Å²) >= 11 is 0. The zero-order valence-electron chi connectivity index (χ0n) is 21.0. The Hall–Kier alpha value is -3.49. The van der Waals surface area contributed by atoms with Gasteiger partial charge in [-0.3, -0.25) is 9.69 Å². The van der Waals surface area contributed by atoms with Gasteiger partial charge in [-0.1, -0.05) is 79.7 Å². The van der Waals surface area contributed by atoms with Crippen LogP contribution in [0.5, 0.6) is 0 Å². The molecular formula is C29H32N4O3S. The van der Waals surface area contributed by atoms with Crippen molar-refractivity contribution in [2.24, 2.45) is 10.3 Å². The number of hydrogen-bond donors (Lipinski definition) is 1. The lowest BCUT2D eigenvalue weighted by molar-refractivity contribution is -0.134. The number of amides is 1. The van der Waals surface area contributed by atoms with Gasteiger partial charge in [0.15, 0.2) is 0 Å². The number of nitrogens with one attached hydrogen (secondary N) is 1. The number of piperazine rings is 1. The Morgan fingerprint density at radius 2 is 1.43 bits per heavy atom. The van der Waals surface area contributed by atoms with Gasteiger partial charge in [0.05, 0.1) is 11.7 Å². The molecule has 0 aromatic heterocycles. The molecule has 2 heterocycles. The molecule has 192 valence electrons. The first-order chi connectivity index (χ1) is 17.9. The average molecular weight is 517 g/mol. The molecule has 3 aromatic rings. The lowest BCUT2D eigenvalue weighted by Crippen LogP contribution is -2.50. The van der Waals surface area contributed by atoms with Crippen LogP contribution in [0.1, 0.15) is 36.9 Å². The van der Waals surface area contributed by atoms with Crippen molar-refractivity contribution in [3.8, 4) is 0 Å². The van der Waals surface area contributed by atoms with Crippen molar-refractivity contribution in [1.82, 2.24) is 9.80 Å². The van der Waals surface area contributed by atoms with Crippen molar-refractivity contribution < 1.29 is 13.2 Å².